The van der Waals surface area contributed by atoms with Gasteiger partial charge in [-0.1, -0.05) is 30.3 Å². The van der Waals surface area contributed by atoms with E-state index in [1.807, 2.05) is 65.2 Å². The van der Waals surface area contributed by atoms with Crippen LogP contribution >= 0.6 is 11.3 Å². The Kier molecular flexibility index (Phi) is 4.92. The van der Waals surface area contributed by atoms with Crippen LogP contribution in [0.25, 0.3) is 22.7 Å². The molecule has 5 rings (SSSR count). The monoisotopic (exact) mass is 419 g/mol. The van der Waals surface area contributed by atoms with Gasteiger partial charge in [0, 0.05) is 36.6 Å². The quantitative estimate of drug-likeness (QED) is 0.495. The van der Waals surface area contributed by atoms with Crippen molar-refractivity contribution >= 4 is 17.2 Å². The summed E-state index contributed by atoms with van der Waals surface area (Å²) in [6.45, 7) is 1.28. The van der Waals surface area contributed by atoms with E-state index in [0.717, 1.165) is 29.7 Å². The van der Waals surface area contributed by atoms with Crippen molar-refractivity contribution in [3.05, 3.63) is 64.8 Å². The van der Waals surface area contributed by atoms with Crippen molar-refractivity contribution in [2.45, 2.75) is 18.8 Å². The second-order valence-corrected chi connectivity index (χ2v) is 8.23. The molecule has 0 saturated carbocycles. The smallest absolute Gasteiger partial charge is 0.272 e. The predicted octanol–water partition coefficient (Wildman–Crippen LogP) is 4.22. The van der Waals surface area contributed by atoms with Crippen molar-refractivity contribution in [3.8, 4) is 22.7 Å². The van der Waals surface area contributed by atoms with Crippen LogP contribution in [0.4, 0.5) is 0 Å². The van der Waals surface area contributed by atoms with E-state index in [1.165, 1.54) is 0 Å². The molecule has 152 valence electrons. The van der Waals surface area contributed by atoms with Gasteiger partial charge in [-0.2, -0.15) is 16.4 Å². The van der Waals surface area contributed by atoms with Crippen molar-refractivity contribution in [3.63, 3.8) is 0 Å². The molecule has 30 heavy (non-hydrogen) atoms. The van der Waals surface area contributed by atoms with Gasteiger partial charge < -0.3 is 9.32 Å². The number of carbonyl (C=O) groups excluding carboxylic acids is 1. The Morgan fingerprint density at radius 1 is 1.17 bits per heavy atom. The summed E-state index contributed by atoms with van der Waals surface area (Å²) < 4.78 is 7.58. The van der Waals surface area contributed by atoms with Crippen LogP contribution in [0.3, 0.4) is 0 Å². The first-order valence-electron chi connectivity index (χ1n) is 9.94. The van der Waals surface area contributed by atoms with E-state index in [1.54, 1.807) is 16.0 Å². The molecule has 1 saturated heterocycles. The van der Waals surface area contributed by atoms with Gasteiger partial charge >= 0.3 is 0 Å². The fourth-order valence-electron chi connectivity index (χ4n) is 3.84. The van der Waals surface area contributed by atoms with E-state index in [4.69, 9.17) is 4.42 Å². The van der Waals surface area contributed by atoms with Crippen molar-refractivity contribution in [1.82, 2.24) is 24.9 Å². The number of hydrogen-bond acceptors (Lipinski definition) is 6. The molecule has 0 aliphatic carbocycles. The topological polar surface area (TPSA) is 77.1 Å². The van der Waals surface area contributed by atoms with Crippen LogP contribution in [0.1, 0.15) is 35.1 Å². The normalized spacial score (nSPS) is 16.7. The van der Waals surface area contributed by atoms with Crippen LogP contribution < -0.4 is 0 Å². The van der Waals surface area contributed by atoms with Crippen LogP contribution in [0.5, 0.6) is 0 Å². The molecule has 1 fully saturated rings. The fraction of sp³-hybridized carbons (Fsp3) is 0.273. The minimum Gasteiger partial charge on any atom is -0.420 e. The highest BCUT2D eigenvalue weighted by atomic mass is 32.1. The van der Waals surface area contributed by atoms with Crippen LogP contribution in [0, 0.1) is 0 Å². The maximum Gasteiger partial charge on any atom is 0.272 e. The molecule has 8 heteroatoms. The van der Waals surface area contributed by atoms with Gasteiger partial charge in [0.15, 0.2) is 0 Å². The first-order chi connectivity index (χ1) is 14.7. The molecule has 1 aliphatic heterocycles. The Bertz CT molecular complexity index is 1150. The summed E-state index contributed by atoms with van der Waals surface area (Å²) in [7, 11) is 1.81. The Hall–Kier alpha value is -3.26. The average Bonchev–Trinajstić information content (AvgIpc) is 3.54. The minimum atomic E-state index is -0.0190. The number of amides is 1. The first kappa shape index (κ1) is 18.7. The summed E-state index contributed by atoms with van der Waals surface area (Å²) in [5.74, 6) is 1.16. The van der Waals surface area contributed by atoms with E-state index < -0.39 is 0 Å². The summed E-state index contributed by atoms with van der Waals surface area (Å²) >= 11 is 1.59. The van der Waals surface area contributed by atoms with Crippen LogP contribution in [0.2, 0.25) is 0 Å². The summed E-state index contributed by atoms with van der Waals surface area (Å²) in [5, 5.41) is 16.9. The Morgan fingerprint density at radius 3 is 2.83 bits per heavy atom. The number of aryl methyl sites for hydroxylation is 1. The molecule has 1 atom stereocenters. The lowest BCUT2D eigenvalue weighted by molar-refractivity contribution is 0.0687. The Morgan fingerprint density at radius 2 is 2.03 bits per heavy atom. The lowest BCUT2D eigenvalue weighted by Crippen LogP contribution is -2.40. The highest BCUT2D eigenvalue weighted by Crippen LogP contribution is 2.30. The molecule has 1 aromatic carbocycles. The third-order valence-electron chi connectivity index (χ3n) is 5.44. The number of carbonyl (C=O) groups is 1. The molecule has 1 amide bonds. The summed E-state index contributed by atoms with van der Waals surface area (Å²) in [6.07, 6.45) is 1.83. The molecule has 7 nitrogen and oxygen atoms in total. The number of thiophene rings is 1. The number of rotatable bonds is 4. The van der Waals surface area contributed by atoms with E-state index in [-0.39, 0.29) is 11.8 Å². The van der Waals surface area contributed by atoms with Crippen LogP contribution in [-0.2, 0) is 7.05 Å². The highest BCUT2D eigenvalue weighted by Gasteiger charge is 2.30. The molecule has 0 bridgehead atoms. The molecule has 0 spiro atoms. The van der Waals surface area contributed by atoms with Gasteiger partial charge in [0.25, 0.3) is 5.91 Å². The number of nitrogens with zero attached hydrogens (tertiary/aromatic N) is 5. The second kappa shape index (κ2) is 7.87. The number of piperidine rings is 1. The third kappa shape index (κ3) is 3.54. The van der Waals surface area contributed by atoms with Crippen molar-refractivity contribution in [1.29, 1.82) is 0 Å². The van der Waals surface area contributed by atoms with Gasteiger partial charge in [-0.15, -0.1) is 10.2 Å². The molecule has 4 aromatic rings. The molecular formula is C22H21N5O2S. The molecule has 3 aromatic heterocycles. The third-order valence-corrected chi connectivity index (χ3v) is 6.12. The van der Waals surface area contributed by atoms with Gasteiger partial charge in [0.05, 0.1) is 11.6 Å². The standard InChI is InChI=1S/C22H21N5O2S/c1-26-19(12-18(25-26)15-6-3-2-4-7-15)22(28)27-10-5-8-16(13-27)20-23-24-21(29-20)17-9-11-30-14-17/h2-4,6-7,9,11-12,14,16H,5,8,10,13H2,1H3. The van der Waals surface area contributed by atoms with E-state index in [9.17, 15) is 4.79 Å². The van der Waals surface area contributed by atoms with E-state index in [0.29, 0.717) is 30.6 Å². The number of hydrogen-bond donors (Lipinski definition) is 0. The van der Waals surface area contributed by atoms with Gasteiger partial charge in [0.1, 0.15) is 5.69 Å². The number of benzene rings is 1. The SMILES string of the molecule is Cn1nc(-c2ccccc2)cc1C(=O)N1CCCC(c2nnc(-c3ccsc3)o2)C1. The zero-order chi connectivity index (χ0) is 20.5. The van der Waals surface area contributed by atoms with Crippen LogP contribution in [0.15, 0.2) is 57.6 Å². The zero-order valence-corrected chi connectivity index (χ0v) is 17.4. The number of aromatic nitrogens is 4. The molecule has 0 N–H and O–H groups in total. The van der Waals surface area contributed by atoms with Gasteiger partial charge in [-0.05, 0) is 30.4 Å². The Balaban J connectivity index is 1.34. The molecule has 1 aliphatic rings. The highest BCUT2D eigenvalue weighted by molar-refractivity contribution is 7.08. The summed E-state index contributed by atoms with van der Waals surface area (Å²) in [4.78, 5) is 15.1. The van der Waals surface area contributed by atoms with Crippen molar-refractivity contribution in [2.75, 3.05) is 13.1 Å². The predicted molar refractivity (Wildman–Crippen MR) is 114 cm³/mol. The lowest BCUT2D eigenvalue weighted by atomic mass is 9.97. The molecular weight excluding hydrogens is 398 g/mol. The van der Waals surface area contributed by atoms with E-state index in [2.05, 4.69) is 15.3 Å². The molecule has 4 heterocycles. The lowest BCUT2D eigenvalue weighted by Gasteiger charge is -2.31. The largest absolute Gasteiger partial charge is 0.420 e. The maximum atomic E-state index is 13.2. The molecule has 0 radical (unpaired) electrons. The van der Waals surface area contributed by atoms with Gasteiger partial charge in [-0.3, -0.25) is 9.48 Å². The van der Waals surface area contributed by atoms with Crippen molar-refractivity contribution in [2.24, 2.45) is 7.05 Å². The second-order valence-electron chi connectivity index (χ2n) is 7.45. The summed E-state index contributed by atoms with van der Waals surface area (Å²) in [6, 6.07) is 13.7. The minimum absolute atomic E-state index is 0.0190. The van der Waals surface area contributed by atoms with E-state index >= 15 is 0 Å². The number of likely N-dealkylation sites (tertiary alicyclic amines) is 1. The first-order valence-corrected chi connectivity index (χ1v) is 10.9. The summed E-state index contributed by atoms with van der Waals surface area (Å²) in [5.41, 5.74) is 3.31. The Labute approximate surface area is 178 Å². The fourth-order valence-corrected chi connectivity index (χ4v) is 4.47. The average molecular weight is 420 g/mol. The zero-order valence-electron chi connectivity index (χ0n) is 16.6. The van der Waals surface area contributed by atoms with Gasteiger partial charge in [-0.25, -0.2) is 0 Å². The van der Waals surface area contributed by atoms with Gasteiger partial charge in [0.2, 0.25) is 11.8 Å². The van der Waals surface area contributed by atoms with Crippen molar-refractivity contribution < 1.29 is 9.21 Å². The van der Waals surface area contributed by atoms with Crippen LogP contribution in [-0.4, -0.2) is 43.9 Å². The maximum absolute atomic E-state index is 13.2. The molecule has 1 unspecified atom stereocenters.